The lowest BCUT2D eigenvalue weighted by Gasteiger charge is -2.00. The Morgan fingerprint density at radius 2 is 2.38 bits per heavy atom. The van der Waals surface area contributed by atoms with Crippen LogP contribution in [0.15, 0.2) is 12.3 Å². The van der Waals surface area contributed by atoms with Crippen LogP contribution in [0.4, 0.5) is 0 Å². The van der Waals surface area contributed by atoms with Crippen LogP contribution in [0, 0.1) is 0 Å². The van der Waals surface area contributed by atoms with Gasteiger partial charge < -0.3 is 4.74 Å². The molecule has 0 aliphatic carbocycles. The molecule has 0 aliphatic rings. The summed E-state index contributed by atoms with van der Waals surface area (Å²) in [7, 11) is 1.59. The summed E-state index contributed by atoms with van der Waals surface area (Å²) >= 11 is 0. The molecule has 4 heteroatoms. The lowest BCUT2D eigenvalue weighted by atomic mass is 10.3. The zero-order valence-electron chi connectivity index (χ0n) is 7.78. The molecule has 0 radical (unpaired) electrons. The van der Waals surface area contributed by atoms with Crippen LogP contribution in [0.1, 0.15) is 29.7 Å². The normalized spacial score (nSPS) is 10.0. The minimum absolute atomic E-state index is 0.0436. The SMILES string of the molecule is CCC(=O)c1nccc(COC)n1. The van der Waals surface area contributed by atoms with E-state index in [9.17, 15) is 4.79 Å². The summed E-state index contributed by atoms with van der Waals surface area (Å²) in [5.41, 5.74) is 0.731. The predicted octanol–water partition coefficient (Wildman–Crippen LogP) is 1.22. The van der Waals surface area contributed by atoms with Gasteiger partial charge in [0.25, 0.3) is 0 Å². The van der Waals surface area contributed by atoms with Gasteiger partial charge in [-0.1, -0.05) is 6.92 Å². The smallest absolute Gasteiger partial charge is 0.199 e. The van der Waals surface area contributed by atoms with Crippen LogP contribution in [0.3, 0.4) is 0 Å². The van der Waals surface area contributed by atoms with E-state index in [2.05, 4.69) is 9.97 Å². The molecule has 70 valence electrons. The van der Waals surface area contributed by atoms with E-state index in [0.29, 0.717) is 13.0 Å². The fourth-order valence-corrected chi connectivity index (χ4v) is 0.917. The first kappa shape index (κ1) is 9.80. The van der Waals surface area contributed by atoms with Gasteiger partial charge in [-0.15, -0.1) is 0 Å². The largest absolute Gasteiger partial charge is 0.378 e. The molecule has 0 bridgehead atoms. The summed E-state index contributed by atoms with van der Waals surface area (Å²) in [6, 6.07) is 1.73. The van der Waals surface area contributed by atoms with Gasteiger partial charge in [-0.25, -0.2) is 9.97 Å². The highest BCUT2D eigenvalue weighted by Gasteiger charge is 2.06. The number of hydrogen-bond acceptors (Lipinski definition) is 4. The van der Waals surface area contributed by atoms with Crippen molar-refractivity contribution in [2.75, 3.05) is 7.11 Å². The van der Waals surface area contributed by atoms with Crippen LogP contribution in [-0.4, -0.2) is 22.9 Å². The van der Waals surface area contributed by atoms with Crippen molar-refractivity contribution < 1.29 is 9.53 Å². The van der Waals surface area contributed by atoms with Gasteiger partial charge in [0.2, 0.25) is 0 Å². The number of ether oxygens (including phenoxy) is 1. The summed E-state index contributed by atoms with van der Waals surface area (Å²) in [6.07, 6.45) is 2.00. The van der Waals surface area contributed by atoms with Gasteiger partial charge in [-0.05, 0) is 6.07 Å². The fourth-order valence-electron chi connectivity index (χ4n) is 0.917. The molecular weight excluding hydrogens is 168 g/mol. The van der Waals surface area contributed by atoms with Crippen molar-refractivity contribution in [1.29, 1.82) is 0 Å². The van der Waals surface area contributed by atoms with Crippen molar-refractivity contribution >= 4 is 5.78 Å². The molecule has 1 rings (SSSR count). The number of aromatic nitrogens is 2. The highest BCUT2D eigenvalue weighted by molar-refractivity contribution is 5.92. The summed E-state index contributed by atoms with van der Waals surface area (Å²) in [5, 5.41) is 0. The lowest BCUT2D eigenvalue weighted by molar-refractivity contribution is 0.0977. The molecule has 4 nitrogen and oxygen atoms in total. The van der Waals surface area contributed by atoms with E-state index in [1.54, 1.807) is 26.3 Å². The first-order chi connectivity index (χ1) is 6.27. The predicted molar refractivity (Wildman–Crippen MR) is 47.4 cm³/mol. The van der Waals surface area contributed by atoms with Crippen LogP contribution < -0.4 is 0 Å². The van der Waals surface area contributed by atoms with Crippen molar-refractivity contribution in [2.24, 2.45) is 0 Å². The van der Waals surface area contributed by atoms with Gasteiger partial charge in [0.05, 0.1) is 12.3 Å². The Morgan fingerprint density at radius 1 is 1.62 bits per heavy atom. The maximum atomic E-state index is 11.2. The van der Waals surface area contributed by atoms with Crippen LogP contribution in [0.25, 0.3) is 0 Å². The molecule has 1 heterocycles. The Labute approximate surface area is 77.0 Å². The molecule has 0 aliphatic heterocycles. The molecule has 0 unspecified atom stereocenters. The number of Topliss-reactive ketones (excluding diaryl/α,β-unsaturated/α-hetero) is 1. The number of carbonyl (C=O) groups excluding carboxylic acids is 1. The molecule has 0 amide bonds. The average molecular weight is 180 g/mol. The summed E-state index contributed by atoms with van der Waals surface area (Å²) in [6.45, 7) is 2.20. The Kier molecular flexibility index (Phi) is 3.52. The minimum Gasteiger partial charge on any atom is -0.378 e. The minimum atomic E-state index is -0.0436. The van der Waals surface area contributed by atoms with E-state index >= 15 is 0 Å². The van der Waals surface area contributed by atoms with Gasteiger partial charge >= 0.3 is 0 Å². The van der Waals surface area contributed by atoms with E-state index in [1.807, 2.05) is 0 Å². The molecule has 0 saturated carbocycles. The standard InChI is InChI=1S/C9H12N2O2/c1-3-8(12)9-10-5-4-7(11-9)6-13-2/h4-5H,3,6H2,1-2H3. The second-order valence-electron chi connectivity index (χ2n) is 2.58. The number of rotatable bonds is 4. The Bertz CT molecular complexity index is 299. The van der Waals surface area contributed by atoms with E-state index in [-0.39, 0.29) is 11.6 Å². The number of ketones is 1. The van der Waals surface area contributed by atoms with Gasteiger partial charge in [0.15, 0.2) is 11.6 Å². The third kappa shape index (κ3) is 2.59. The number of carbonyl (C=O) groups is 1. The van der Waals surface area contributed by atoms with Crippen molar-refractivity contribution in [3.05, 3.63) is 23.8 Å². The van der Waals surface area contributed by atoms with E-state index in [4.69, 9.17) is 4.74 Å². The Balaban J connectivity index is 2.85. The third-order valence-corrected chi connectivity index (χ3v) is 1.58. The first-order valence-corrected chi connectivity index (χ1v) is 4.12. The molecule has 0 atom stereocenters. The maximum absolute atomic E-state index is 11.2. The van der Waals surface area contributed by atoms with Crippen LogP contribution in [0.5, 0.6) is 0 Å². The molecule has 1 aromatic heterocycles. The molecule has 1 aromatic rings. The number of methoxy groups -OCH3 is 1. The van der Waals surface area contributed by atoms with E-state index in [1.165, 1.54) is 0 Å². The number of hydrogen-bond donors (Lipinski definition) is 0. The first-order valence-electron chi connectivity index (χ1n) is 4.12. The zero-order chi connectivity index (χ0) is 9.68. The summed E-state index contributed by atoms with van der Waals surface area (Å²) in [4.78, 5) is 19.1. The monoisotopic (exact) mass is 180 g/mol. The molecule has 0 aromatic carbocycles. The quantitative estimate of drug-likeness (QED) is 0.653. The Hall–Kier alpha value is -1.29. The van der Waals surface area contributed by atoms with Crippen LogP contribution in [0.2, 0.25) is 0 Å². The third-order valence-electron chi connectivity index (χ3n) is 1.58. The van der Waals surface area contributed by atoms with Gasteiger partial charge in [-0.3, -0.25) is 4.79 Å². The maximum Gasteiger partial charge on any atom is 0.199 e. The molecule has 0 N–H and O–H groups in total. The summed E-state index contributed by atoms with van der Waals surface area (Å²) < 4.78 is 4.89. The van der Waals surface area contributed by atoms with Crippen molar-refractivity contribution in [1.82, 2.24) is 9.97 Å². The van der Waals surface area contributed by atoms with Gasteiger partial charge in [0.1, 0.15) is 0 Å². The summed E-state index contributed by atoms with van der Waals surface area (Å²) in [5.74, 6) is 0.231. The number of nitrogens with zero attached hydrogens (tertiary/aromatic N) is 2. The Morgan fingerprint density at radius 3 is 3.00 bits per heavy atom. The molecule has 13 heavy (non-hydrogen) atoms. The molecule has 0 fully saturated rings. The van der Waals surface area contributed by atoms with Crippen LogP contribution in [-0.2, 0) is 11.3 Å². The molecular formula is C9H12N2O2. The van der Waals surface area contributed by atoms with Crippen molar-refractivity contribution in [3.8, 4) is 0 Å². The van der Waals surface area contributed by atoms with Gasteiger partial charge in [-0.2, -0.15) is 0 Å². The van der Waals surface area contributed by atoms with E-state index < -0.39 is 0 Å². The lowest BCUT2D eigenvalue weighted by Crippen LogP contribution is -2.06. The fraction of sp³-hybridized carbons (Fsp3) is 0.444. The highest BCUT2D eigenvalue weighted by atomic mass is 16.5. The van der Waals surface area contributed by atoms with Crippen molar-refractivity contribution in [2.45, 2.75) is 20.0 Å². The molecule has 0 spiro atoms. The molecule has 0 saturated heterocycles. The second-order valence-corrected chi connectivity index (χ2v) is 2.58. The van der Waals surface area contributed by atoms with Gasteiger partial charge in [0, 0.05) is 19.7 Å². The van der Waals surface area contributed by atoms with Crippen molar-refractivity contribution in [3.63, 3.8) is 0 Å². The van der Waals surface area contributed by atoms with Crippen LogP contribution >= 0.6 is 0 Å². The average Bonchev–Trinajstić information content (AvgIpc) is 2.18. The second kappa shape index (κ2) is 4.67. The van der Waals surface area contributed by atoms with E-state index in [0.717, 1.165) is 5.69 Å². The topological polar surface area (TPSA) is 52.1 Å². The zero-order valence-corrected chi connectivity index (χ0v) is 7.78. The highest BCUT2D eigenvalue weighted by Crippen LogP contribution is 1.99.